The predicted octanol–water partition coefficient (Wildman–Crippen LogP) is -8.24. The van der Waals surface area contributed by atoms with Gasteiger partial charge in [0.25, 0.3) is 0 Å². The van der Waals surface area contributed by atoms with Gasteiger partial charge in [-0.3, -0.25) is 0 Å². The van der Waals surface area contributed by atoms with Gasteiger partial charge in [0.05, 0.1) is 0 Å². The molecule has 0 saturated heterocycles. The number of rotatable bonds is 2. The zero-order valence-electron chi connectivity index (χ0n) is 5.21. The summed E-state index contributed by atoms with van der Waals surface area (Å²) in [5.74, 6) is 0. The molecule has 0 aromatic rings. The van der Waals surface area contributed by atoms with Gasteiger partial charge in [0.15, 0.2) is 0 Å². The molecule has 0 bridgehead atoms. The molecular weight excluding hydrogens is 382 g/mol. The summed E-state index contributed by atoms with van der Waals surface area (Å²) in [6.07, 6.45) is 2.40. The van der Waals surface area contributed by atoms with Gasteiger partial charge in [0, 0.05) is 6.42 Å². The first kappa shape index (κ1) is 22.4. The minimum absolute atomic E-state index is 0. The molecule has 0 aromatic carbocycles. The summed E-state index contributed by atoms with van der Waals surface area (Å²) in [5, 5.41) is 0. The molecule has 9 heavy (non-hydrogen) atoms. The lowest BCUT2D eigenvalue weighted by atomic mass is 10.3. The first-order valence-electron chi connectivity index (χ1n) is 2.24. The molecular formula is C4H11Br4N-2. The van der Waals surface area contributed by atoms with Crippen LogP contribution < -0.4 is 56.7 Å². The van der Waals surface area contributed by atoms with Crippen LogP contribution in [0.2, 0.25) is 0 Å². The molecule has 0 saturated carbocycles. The van der Waals surface area contributed by atoms with E-state index in [2.05, 4.69) is 28.6 Å². The average Bonchev–Trinajstić information content (AvgIpc) is 1.35. The van der Waals surface area contributed by atoms with E-state index in [9.17, 15) is 0 Å². The fourth-order valence-corrected chi connectivity index (χ4v) is 0.771. The third kappa shape index (κ3) is 25.8. The Bertz CT molecular complexity index is 33.7. The predicted molar refractivity (Wildman–Crippen MR) is 30.5 cm³/mol. The molecule has 1 nitrogen and oxygen atoms in total. The first-order chi connectivity index (χ1) is 2.77. The van der Waals surface area contributed by atoms with Gasteiger partial charge in [-0.2, -0.15) is 0 Å². The number of quaternary nitrogens is 1. The number of hydrogen-bond acceptors (Lipinski definition) is 0. The van der Waals surface area contributed by atoms with E-state index in [1.54, 1.807) is 0 Å². The van der Waals surface area contributed by atoms with Gasteiger partial charge in [-0.25, -0.2) is 0 Å². The van der Waals surface area contributed by atoms with Crippen LogP contribution in [0.15, 0.2) is 0 Å². The maximum absolute atomic E-state index is 3.74. The monoisotopic (exact) mass is 389 g/mol. The number of hydrogen-bond donors (Lipinski definition) is 1. The molecule has 0 aliphatic rings. The van der Waals surface area contributed by atoms with Crippen molar-refractivity contribution in [3.05, 3.63) is 0 Å². The van der Waals surface area contributed by atoms with Gasteiger partial charge in [-0.15, -0.1) is 0 Å². The van der Waals surface area contributed by atoms with Gasteiger partial charge in [0.2, 0.25) is 0 Å². The first-order valence-corrected chi connectivity index (χ1v) is 3.16. The lowest BCUT2D eigenvalue weighted by Crippen LogP contribution is -3.00. The summed E-state index contributed by atoms with van der Waals surface area (Å²) in [6, 6.07) is 0. The minimum Gasteiger partial charge on any atom is -1.00 e. The van der Waals surface area contributed by atoms with E-state index in [-0.39, 0.29) is 50.9 Å². The fraction of sp³-hybridized carbons (Fsp3) is 1.00. The molecule has 1 unspecified atom stereocenters. The van der Waals surface area contributed by atoms with Crippen LogP contribution in [0.1, 0.15) is 19.8 Å². The molecule has 0 radical (unpaired) electrons. The normalized spacial score (nSPS) is 9.67. The summed E-state index contributed by atoms with van der Waals surface area (Å²) < 4.78 is 0. The van der Waals surface area contributed by atoms with Crippen molar-refractivity contribution in [2.45, 2.75) is 24.7 Å². The Hall–Kier alpha value is 1.88. The topological polar surface area (TPSA) is 27.6 Å². The van der Waals surface area contributed by atoms with Crippen molar-refractivity contribution in [1.29, 1.82) is 0 Å². The molecule has 0 aromatic heterocycles. The molecule has 0 aliphatic heterocycles. The Labute approximate surface area is 96.6 Å². The van der Waals surface area contributed by atoms with E-state index in [0.717, 1.165) is 0 Å². The highest BCUT2D eigenvalue weighted by Gasteiger charge is 1.92. The molecule has 0 spiro atoms. The van der Waals surface area contributed by atoms with Crippen molar-refractivity contribution in [2.75, 3.05) is 0 Å². The lowest BCUT2D eigenvalue weighted by molar-refractivity contribution is -0.383. The Kier molecular flexibility index (Phi) is 41.0. The molecule has 0 fully saturated rings. The molecule has 5 heteroatoms. The standard InChI is InChI=1S/C4H10BrN.3BrH/c1-2-3-4(5)6;;;/h4H,2-3,6H2,1H3;3*1H/p-2. The fourth-order valence-electron chi connectivity index (χ4n) is 0.313. The van der Waals surface area contributed by atoms with E-state index in [0.29, 0.717) is 4.95 Å². The highest BCUT2D eigenvalue weighted by atomic mass is 79.9. The van der Waals surface area contributed by atoms with Crippen LogP contribution in [0.5, 0.6) is 0 Å². The van der Waals surface area contributed by atoms with Crippen molar-refractivity contribution >= 4 is 15.9 Å². The number of alkyl halides is 1. The van der Waals surface area contributed by atoms with E-state index in [1.165, 1.54) is 12.8 Å². The van der Waals surface area contributed by atoms with Crippen LogP contribution in [0.4, 0.5) is 0 Å². The Balaban J connectivity index is -0.0000000417. The van der Waals surface area contributed by atoms with Gasteiger partial charge < -0.3 is 56.7 Å². The molecule has 62 valence electrons. The smallest absolute Gasteiger partial charge is 0.139 e. The summed E-state index contributed by atoms with van der Waals surface area (Å²) >= 11 is 3.32. The van der Waals surface area contributed by atoms with E-state index >= 15 is 0 Å². The SMILES string of the molecule is CCCC([NH3+])Br.[Br-].[Br-].[Br-]. The zero-order valence-corrected chi connectivity index (χ0v) is 11.6. The second kappa shape index (κ2) is 16.5. The van der Waals surface area contributed by atoms with Crippen molar-refractivity contribution in [2.24, 2.45) is 0 Å². The summed E-state index contributed by atoms with van der Waals surface area (Å²) in [7, 11) is 0. The van der Waals surface area contributed by atoms with E-state index in [4.69, 9.17) is 0 Å². The summed E-state index contributed by atoms with van der Waals surface area (Å²) in [4.78, 5) is 0.461. The lowest BCUT2D eigenvalue weighted by Gasteiger charge is -1.90. The molecule has 0 heterocycles. The van der Waals surface area contributed by atoms with Crippen molar-refractivity contribution in [1.82, 2.24) is 0 Å². The van der Waals surface area contributed by atoms with Crippen LogP contribution in [-0.2, 0) is 0 Å². The summed E-state index contributed by atoms with van der Waals surface area (Å²) in [5.41, 5.74) is 3.74. The largest absolute Gasteiger partial charge is 1.00 e. The highest BCUT2D eigenvalue weighted by molar-refractivity contribution is 9.09. The molecule has 3 N–H and O–H groups in total. The highest BCUT2D eigenvalue weighted by Crippen LogP contribution is 1.95. The Morgan fingerprint density at radius 2 is 1.67 bits per heavy atom. The molecule has 0 amide bonds. The van der Waals surface area contributed by atoms with Crippen LogP contribution in [0, 0.1) is 0 Å². The second-order valence-corrected chi connectivity index (χ2v) is 2.68. The van der Waals surface area contributed by atoms with Crippen LogP contribution in [0.25, 0.3) is 0 Å². The van der Waals surface area contributed by atoms with Crippen molar-refractivity contribution < 1.29 is 56.7 Å². The van der Waals surface area contributed by atoms with Crippen LogP contribution >= 0.6 is 15.9 Å². The maximum Gasteiger partial charge on any atom is 0.139 e. The summed E-state index contributed by atoms with van der Waals surface area (Å²) in [6.45, 7) is 2.15. The minimum atomic E-state index is 0. The zero-order chi connectivity index (χ0) is 4.99. The van der Waals surface area contributed by atoms with Crippen molar-refractivity contribution in [3.63, 3.8) is 0 Å². The van der Waals surface area contributed by atoms with Crippen LogP contribution in [-0.4, -0.2) is 4.95 Å². The van der Waals surface area contributed by atoms with Gasteiger partial charge >= 0.3 is 0 Å². The van der Waals surface area contributed by atoms with Gasteiger partial charge in [-0.05, 0) is 22.4 Å². The molecule has 0 rings (SSSR count). The van der Waals surface area contributed by atoms with E-state index in [1.807, 2.05) is 0 Å². The average molecular weight is 393 g/mol. The molecule has 1 atom stereocenters. The molecule has 0 aliphatic carbocycles. The van der Waals surface area contributed by atoms with Gasteiger partial charge in [0.1, 0.15) is 4.95 Å². The third-order valence-corrected chi connectivity index (χ3v) is 1.06. The second-order valence-electron chi connectivity index (χ2n) is 1.39. The van der Waals surface area contributed by atoms with Crippen LogP contribution in [0.3, 0.4) is 0 Å². The Morgan fingerprint density at radius 3 is 1.67 bits per heavy atom. The van der Waals surface area contributed by atoms with E-state index < -0.39 is 0 Å². The van der Waals surface area contributed by atoms with Gasteiger partial charge in [-0.1, -0.05) is 6.92 Å². The maximum atomic E-state index is 3.74. The Morgan fingerprint density at radius 1 is 1.33 bits per heavy atom. The number of halogens is 4. The third-order valence-electron chi connectivity index (χ3n) is 0.602. The quantitative estimate of drug-likeness (QED) is 0.357. The van der Waals surface area contributed by atoms with Crippen molar-refractivity contribution in [3.8, 4) is 0 Å².